The first-order valence-corrected chi connectivity index (χ1v) is 5.29. The van der Waals surface area contributed by atoms with Crippen molar-refractivity contribution in [3.8, 4) is 0 Å². The zero-order valence-electron chi connectivity index (χ0n) is 7.46. The van der Waals surface area contributed by atoms with Crippen molar-refractivity contribution >= 4 is 0 Å². The van der Waals surface area contributed by atoms with Gasteiger partial charge in [0.2, 0.25) is 0 Å². The Morgan fingerprint density at radius 1 is 1.17 bits per heavy atom. The van der Waals surface area contributed by atoms with Crippen molar-refractivity contribution < 1.29 is 4.74 Å². The summed E-state index contributed by atoms with van der Waals surface area (Å²) in [5, 5.41) is 3.45. The summed E-state index contributed by atoms with van der Waals surface area (Å²) in [6.07, 6.45) is 6.70. The lowest BCUT2D eigenvalue weighted by atomic mass is 9.79. The van der Waals surface area contributed by atoms with Crippen LogP contribution in [0.15, 0.2) is 0 Å². The molecule has 4 atom stereocenters. The summed E-state index contributed by atoms with van der Waals surface area (Å²) < 4.78 is 5.87. The van der Waals surface area contributed by atoms with E-state index in [4.69, 9.17) is 4.74 Å². The third-order valence-corrected chi connectivity index (χ3v) is 3.86. The van der Waals surface area contributed by atoms with Crippen molar-refractivity contribution in [2.75, 3.05) is 13.1 Å². The van der Waals surface area contributed by atoms with Gasteiger partial charge in [0.1, 0.15) is 0 Å². The van der Waals surface area contributed by atoms with Gasteiger partial charge in [-0.2, -0.15) is 0 Å². The molecule has 2 nitrogen and oxygen atoms in total. The van der Waals surface area contributed by atoms with Crippen molar-refractivity contribution in [1.29, 1.82) is 0 Å². The highest BCUT2D eigenvalue weighted by Crippen LogP contribution is 2.43. The molecule has 2 heteroatoms. The number of ether oxygens (including phenoxy) is 1. The smallest absolute Gasteiger partial charge is 0.0612 e. The first kappa shape index (κ1) is 7.34. The Hall–Kier alpha value is -0.0800. The SMILES string of the molecule is C1CC(C2CC3CCC2O3)CN1. The van der Waals surface area contributed by atoms with E-state index in [-0.39, 0.29) is 0 Å². The molecule has 0 aromatic rings. The fourth-order valence-electron chi connectivity index (χ4n) is 3.22. The summed E-state index contributed by atoms with van der Waals surface area (Å²) in [6.45, 7) is 2.48. The lowest BCUT2D eigenvalue weighted by molar-refractivity contribution is 0.0835. The largest absolute Gasteiger partial charge is 0.375 e. The van der Waals surface area contributed by atoms with Gasteiger partial charge in [-0.25, -0.2) is 0 Å². The molecular formula is C10H17NO. The van der Waals surface area contributed by atoms with Crippen molar-refractivity contribution in [2.24, 2.45) is 11.8 Å². The van der Waals surface area contributed by atoms with Gasteiger partial charge in [0.25, 0.3) is 0 Å². The molecule has 1 N–H and O–H groups in total. The van der Waals surface area contributed by atoms with Crippen LogP contribution in [0, 0.1) is 11.8 Å². The summed E-state index contributed by atoms with van der Waals surface area (Å²) in [5.41, 5.74) is 0. The highest BCUT2D eigenvalue weighted by atomic mass is 16.5. The van der Waals surface area contributed by atoms with E-state index >= 15 is 0 Å². The van der Waals surface area contributed by atoms with E-state index in [1.165, 1.54) is 38.8 Å². The Balaban J connectivity index is 1.69. The van der Waals surface area contributed by atoms with Gasteiger partial charge in [0, 0.05) is 0 Å². The van der Waals surface area contributed by atoms with Crippen molar-refractivity contribution in [1.82, 2.24) is 5.32 Å². The van der Waals surface area contributed by atoms with Crippen LogP contribution < -0.4 is 5.32 Å². The van der Waals surface area contributed by atoms with Gasteiger partial charge in [0.05, 0.1) is 12.2 Å². The van der Waals surface area contributed by atoms with Crippen molar-refractivity contribution in [3.63, 3.8) is 0 Å². The molecule has 3 fully saturated rings. The Labute approximate surface area is 73.7 Å². The van der Waals surface area contributed by atoms with Crippen LogP contribution in [-0.4, -0.2) is 25.3 Å². The lowest BCUT2D eigenvalue weighted by Crippen LogP contribution is -2.26. The molecule has 68 valence electrons. The van der Waals surface area contributed by atoms with Gasteiger partial charge in [-0.15, -0.1) is 0 Å². The van der Waals surface area contributed by atoms with Gasteiger partial charge >= 0.3 is 0 Å². The number of nitrogens with one attached hydrogen (secondary N) is 1. The molecule has 4 unspecified atom stereocenters. The normalized spacial score (nSPS) is 52.0. The van der Waals surface area contributed by atoms with E-state index in [0.29, 0.717) is 12.2 Å². The van der Waals surface area contributed by atoms with E-state index in [0.717, 1.165) is 11.8 Å². The van der Waals surface area contributed by atoms with Crippen LogP contribution in [0.2, 0.25) is 0 Å². The van der Waals surface area contributed by atoms with Crippen LogP contribution in [0.25, 0.3) is 0 Å². The molecule has 0 aromatic heterocycles. The van der Waals surface area contributed by atoms with Crippen LogP contribution in [-0.2, 0) is 4.74 Å². The zero-order valence-corrected chi connectivity index (χ0v) is 7.46. The number of rotatable bonds is 1. The molecule has 3 aliphatic rings. The molecule has 0 saturated carbocycles. The molecule has 3 saturated heterocycles. The second-order valence-electron chi connectivity index (χ2n) is 4.53. The maximum atomic E-state index is 5.87. The van der Waals surface area contributed by atoms with Gasteiger partial charge < -0.3 is 10.1 Å². The van der Waals surface area contributed by atoms with Gasteiger partial charge in [-0.1, -0.05) is 0 Å². The highest BCUT2D eigenvalue weighted by Gasteiger charge is 2.44. The average molecular weight is 167 g/mol. The Bertz CT molecular complexity index is 177. The van der Waals surface area contributed by atoms with Crippen LogP contribution in [0.4, 0.5) is 0 Å². The fourth-order valence-corrected chi connectivity index (χ4v) is 3.22. The molecule has 3 aliphatic heterocycles. The minimum Gasteiger partial charge on any atom is -0.375 e. The minimum absolute atomic E-state index is 0.639. The summed E-state index contributed by atoms with van der Waals surface area (Å²) in [5.74, 6) is 1.83. The van der Waals surface area contributed by atoms with E-state index < -0.39 is 0 Å². The molecule has 3 rings (SSSR count). The molecule has 3 heterocycles. The molecule has 2 bridgehead atoms. The summed E-state index contributed by atoms with van der Waals surface area (Å²) in [7, 11) is 0. The van der Waals surface area contributed by atoms with Gasteiger partial charge in [-0.3, -0.25) is 0 Å². The molecule has 12 heavy (non-hydrogen) atoms. The molecule has 0 aromatic carbocycles. The number of hydrogen-bond donors (Lipinski definition) is 1. The molecule has 0 amide bonds. The van der Waals surface area contributed by atoms with E-state index in [9.17, 15) is 0 Å². The van der Waals surface area contributed by atoms with Crippen LogP contribution in [0.5, 0.6) is 0 Å². The highest BCUT2D eigenvalue weighted by molar-refractivity contribution is 4.94. The third kappa shape index (κ3) is 1.01. The monoisotopic (exact) mass is 167 g/mol. The van der Waals surface area contributed by atoms with E-state index in [1.807, 2.05) is 0 Å². The van der Waals surface area contributed by atoms with Gasteiger partial charge in [-0.05, 0) is 50.6 Å². The standard InChI is InChI=1S/C10H17NO/c1-2-10-9(5-8(1)12-10)7-3-4-11-6-7/h7-11H,1-6H2. The van der Waals surface area contributed by atoms with Crippen molar-refractivity contribution in [3.05, 3.63) is 0 Å². The average Bonchev–Trinajstić information content (AvgIpc) is 2.81. The Morgan fingerprint density at radius 2 is 2.17 bits per heavy atom. The summed E-state index contributed by atoms with van der Waals surface area (Å²) >= 11 is 0. The predicted octanol–water partition coefficient (Wildman–Crippen LogP) is 1.16. The molecule has 0 spiro atoms. The molecular weight excluding hydrogens is 150 g/mol. The Morgan fingerprint density at radius 3 is 2.75 bits per heavy atom. The predicted molar refractivity (Wildman–Crippen MR) is 47.0 cm³/mol. The first-order chi connectivity index (χ1) is 5.93. The lowest BCUT2D eigenvalue weighted by Gasteiger charge is -2.23. The summed E-state index contributed by atoms with van der Waals surface area (Å²) in [6, 6.07) is 0. The zero-order chi connectivity index (χ0) is 7.97. The van der Waals surface area contributed by atoms with Crippen LogP contribution >= 0.6 is 0 Å². The molecule has 0 aliphatic carbocycles. The molecule has 0 radical (unpaired) electrons. The number of hydrogen-bond acceptors (Lipinski definition) is 2. The summed E-state index contributed by atoms with van der Waals surface area (Å²) in [4.78, 5) is 0. The quantitative estimate of drug-likeness (QED) is 0.633. The minimum atomic E-state index is 0.639. The maximum Gasteiger partial charge on any atom is 0.0612 e. The first-order valence-electron chi connectivity index (χ1n) is 5.29. The maximum absolute atomic E-state index is 5.87. The second kappa shape index (κ2) is 2.71. The number of fused-ring (bicyclic) bond motifs is 2. The fraction of sp³-hybridized carbons (Fsp3) is 1.00. The van der Waals surface area contributed by atoms with Gasteiger partial charge in [0.15, 0.2) is 0 Å². The third-order valence-electron chi connectivity index (χ3n) is 3.86. The van der Waals surface area contributed by atoms with E-state index in [1.54, 1.807) is 0 Å². The van der Waals surface area contributed by atoms with Crippen LogP contribution in [0.3, 0.4) is 0 Å². The topological polar surface area (TPSA) is 21.3 Å². The van der Waals surface area contributed by atoms with E-state index in [2.05, 4.69) is 5.32 Å². The van der Waals surface area contributed by atoms with Crippen molar-refractivity contribution in [2.45, 2.75) is 37.9 Å². The Kier molecular flexibility index (Phi) is 1.66. The van der Waals surface area contributed by atoms with Crippen LogP contribution in [0.1, 0.15) is 25.7 Å². The second-order valence-corrected chi connectivity index (χ2v) is 4.53.